The van der Waals surface area contributed by atoms with Gasteiger partial charge in [0.1, 0.15) is 6.04 Å². The van der Waals surface area contributed by atoms with E-state index >= 15 is 0 Å². The Hall–Kier alpha value is -2.97. The van der Waals surface area contributed by atoms with Crippen molar-refractivity contribution in [2.75, 3.05) is 18.5 Å². The van der Waals surface area contributed by atoms with Crippen molar-refractivity contribution in [3.63, 3.8) is 0 Å². The lowest BCUT2D eigenvalue weighted by Gasteiger charge is -2.38. The number of anilines is 1. The summed E-state index contributed by atoms with van der Waals surface area (Å²) in [6.45, 7) is 9.18. The third kappa shape index (κ3) is 5.22. The van der Waals surface area contributed by atoms with Crippen LogP contribution in [0.5, 0.6) is 11.5 Å². The minimum atomic E-state index is -0.410. The number of hydrogen-bond acceptors (Lipinski definition) is 7. The zero-order valence-electron chi connectivity index (χ0n) is 21.5. The Bertz CT molecular complexity index is 1370. The molecule has 1 unspecified atom stereocenters. The molecule has 2 aliphatic rings. The second-order valence-electron chi connectivity index (χ2n) is 9.98. The Morgan fingerprint density at radius 3 is 2.62 bits per heavy atom. The standard InChI is InChI=1S/C28H31ClN4O3S/c1-5-35-22-12-11-17(13-23(22)36-6-2)25-24-20(14-28(3,4)15-21(24)34)30-26-31-27(32-33(25)26)37-16-18-9-7-8-10-19(18)29/h7-13,25H,5-6,14-16H2,1-4H3,(H,30,31,32). The number of allylic oxidation sites excluding steroid dienone is 2. The molecule has 3 aromatic rings. The van der Waals surface area contributed by atoms with Gasteiger partial charge in [0, 0.05) is 28.5 Å². The highest BCUT2D eigenvalue weighted by molar-refractivity contribution is 7.98. The molecule has 0 bridgehead atoms. The van der Waals surface area contributed by atoms with Gasteiger partial charge in [0.15, 0.2) is 17.3 Å². The van der Waals surface area contributed by atoms with Crippen LogP contribution in [-0.2, 0) is 10.5 Å². The number of hydrogen-bond donors (Lipinski definition) is 1. The molecule has 1 aromatic heterocycles. The molecule has 1 aliphatic heterocycles. The molecule has 0 fully saturated rings. The number of nitrogens with one attached hydrogen (secondary N) is 1. The minimum absolute atomic E-state index is 0.127. The van der Waals surface area contributed by atoms with Crippen molar-refractivity contribution in [2.45, 2.75) is 57.5 Å². The van der Waals surface area contributed by atoms with Gasteiger partial charge in [-0.05, 0) is 55.0 Å². The predicted molar refractivity (Wildman–Crippen MR) is 147 cm³/mol. The molecule has 2 aromatic carbocycles. The Balaban J connectivity index is 1.56. The molecule has 1 aliphatic carbocycles. The van der Waals surface area contributed by atoms with E-state index in [9.17, 15) is 4.79 Å². The number of thioether (sulfide) groups is 1. The molecule has 0 saturated carbocycles. The number of halogens is 1. The summed E-state index contributed by atoms with van der Waals surface area (Å²) in [6.07, 6.45) is 1.24. The zero-order chi connectivity index (χ0) is 26.2. The molecule has 1 atom stereocenters. The van der Waals surface area contributed by atoms with Crippen molar-refractivity contribution in [1.29, 1.82) is 0 Å². The van der Waals surface area contributed by atoms with E-state index in [2.05, 4.69) is 19.2 Å². The van der Waals surface area contributed by atoms with Gasteiger partial charge in [-0.3, -0.25) is 4.79 Å². The topological polar surface area (TPSA) is 78.3 Å². The van der Waals surface area contributed by atoms with E-state index < -0.39 is 6.04 Å². The van der Waals surface area contributed by atoms with Crippen LogP contribution in [0.4, 0.5) is 5.95 Å². The maximum atomic E-state index is 13.5. The number of benzene rings is 2. The maximum absolute atomic E-state index is 13.5. The fraction of sp³-hybridized carbons (Fsp3) is 0.393. The number of nitrogens with zero attached hydrogens (tertiary/aromatic N) is 3. The number of ether oxygens (including phenoxy) is 2. The number of ketones is 1. The first-order valence-corrected chi connectivity index (χ1v) is 13.9. The SMILES string of the molecule is CCOc1ccc(C2C3=C(CC(C)(C)CC3=O)Nc3nc(SCc4ccccc4Cl)nn32)cc1OCC. The molecule has 7 nitrogen and oxygen atoms in total. The van der Waals surface area contributed by atoms with Crippen molar-refractivity contribution in [3.8, 4) is 11.5 Å². The van der Waals surface area contributed by atoms with E-state index in [0.717, 1.165) is 33.8 Å². The summed E-state index contributed by atoms with van der Waals surface area (Å²) in [4.78, 5) is 18.3. The molecule has 0 radical (unpaired) electrons. The Labute approximate surface area is 226 Å². The molecule has 194 valence electrons. The van der Waals surface area contributed by atoms with Crippen LogP contribution in [0.25, 0.3) is 0 Å². The summed E-state index contributed by atoms with van der Waals surface area (Å²) in [5.74, 6) is 2.73. The smallest absolute Gasteiger partial charge is 0.227 e. The van der Waals surface area contributed by atoms with E-state index in [1.54, 1.807) is 0 Å². The largest absolute Gasteiger partial charge is 0.490 e. The van der Waals surface area contributed by atoms with E-state index in [4.69, 9.17) is 31.2 Å². The highest BCUT2D eigenvalue weighted by Crippen LogP contribution is 2.46. The molecule has 0 saturated heterocycles. The number of fused-ring (bicyclic) bond motifs is 1. The summed E-state index contributed by atoms with van der Waals surface area (Å²) in [7, 11) is 0. The fourth-order valence-corrected chi connectivity index (χ4v) is 6.07. The van der Waals surface area contributed by atoms with Crippen molar-refractivity contribution in [2.24, 2.45) is 5.41 Å². The van der Waals surface area contributed by atoms with Crippen LogP contribution >= 0.6 is 23.4 Å². The quantitative estimate of drug-likeness (QED) is 0.320. The normalized spacial score (nSPS) is 18.2. The molecule has 37 heavy (non-hydrogen) atoms. The summed E-state index contributed by atoms with van der Waals surface area (Å²) in [5, 5.41) is 9.63. The lowest BCUT2D eigenvalue weighted by molar-refractivity contribution is -0.118. The van der Waals surface area contributed by atoms with Crippen LogP contribution < -0.4 is 14.8 Å². The minimum Gasteiger partial charge on any atom is -0.490 e. The summed E-state index contributed by atoms with van der Waals surface area (Å²) in [5.41, 5.74) is 3.45. The third-order valence-corrected chi connectivity index (χ3v) is 7.77. The Morgan fingerprint density at radius 1 is 1.11 bits per heavy atom. The van der Waals surface area contributed by atoms with Gasteiger partial charge < -0.3 is 14.8 Å². The molecule has 9 heteroatoms. The van der Waals surface area contributed by atoms with Crippen molar-refractivity contribution < 1.29 is 14.3 Å². The van der Waals surface area contributed by atoms with Crippen LogP contribution in [0.3, 0.4) is 0 Å². The van der Waals surface area contributed by atoms with Crippen LogP contribution in [0, 0.1) is 5.41 Å². The lowest BCUT2D eigenvalue weighted by Crippen LogP contribution is -2.36. The first-order chi connectivity index (χ1) is 17.8. The Kier molecular flexibility index (Phi) is 7.23. The molecule has 0 amide bonds. The number of carbonyl (C=O) groups is 1. The number of rotatable bonds is 8. The first kappa shape index (κ1) is 25.7. The number of carbonyl (C=O) groups excluding carboxylic acids is 1. The number of Topliss-reactive ketones (excluding diaryl/α,β-unsaturated/α-hetero) is 1. The van der Waals surface area contributed by atoms with Gasteiger partial charge in [0.05, 0.1) is 13.2 Å². The second-order valence-corrected chi connectivity index (χ2v) is 11.3. The second kappa shape index (κ2) is 10.4. The highest BCUT2D eigenvalue weighted by Gasteiger charge is 2.42. The van der Waals surface area contributed by atoms with Crippen LogP contribution in [0.2, 0.25) is 5.02 Å². The summed E-state index contributed by atoms with van der Waals surface area (Å²) in [6, 6.07) is 13.2. The first-order valence-electron chi connectivity index (χ1n) is 12.5. The average molecular weight is 539 g/mol. The Morgan fingerprint density at radius 2 is 1.86 bits per heavy atom. The van der Waals surface area contributed by atoms with E-state index in [1.807, 2.05) is 61.0 Å². The van der Waals surface area contributed by atoms with Gasteiger partial charge in [0.2, 0.25) is 11.1 Å². The van der Waals surface area contributed by atoms with E-state index in [0.29, 0.717) is 48.0 Å². The van der Waals surface area contributed by atoms with Crippen LogP contribution in [-0.4, -0.2) is 33.8 Å². The van der Waals surface area contributed by atoms with Crippen molar-refractivity contribution in [3.05, 3.63) is 69.9 Å². The van der Waals surface area contributed by atoms with Crippen LogP contribution in [0.1, 0.15) is 57.7 Å². The van der Waals surface area contributed by atoms with Gasteiger partial charge in [-0.25, -0.2) is 4.68 Å². The maximum Gasteiger partial charge on any atom is 0.227 e. The monoisotopic (exact) mass is 538 g/mol. The summed E-state index contributed by atoms with van der Waals surface area (Å²) < 4.78 is 13.5. The predicted octanol–water partition coefficient (Wildman–Crippen LogP) is 6.68. The number of aromatic nitrogens is 3. The fourth-order valence-electron chi connectivity index (χ4n) is 4.95. The lowest BCUT2D eigenvalue weighted by atomic mass is 9.73. The van der Waals surface area contributed by atoms with Gasteiger partial charge in [-0.2, -0.15) is 4.98 Å². The van der Waals surface area contributed by atoms with Gasteiger partial charge in [0.25, 0.3) is 0 Å². The van der Waals surface area contributed by atoms with Gasteiger partial charge in [-0.1, -0.05) is 61.5 Å². The summed E-state index contributed by atoms with van der Waals surface area (Å²) >= 11 is 7.87. The highest BCUT2D eigenvalue weighted by atomic mass is 35.5. The average Bonchev–Trinajstić information content (AvgIpc) is 3.25. The molecule has 5 rings (SSSR count). The molecular weight excluding hydrogens is 508 g/mol. The van der Waals surface area contributed by atoms with Crippen molar-refractivity contribution in [1.82, 2.24) is 14.8 Å². The van der Waals surface area contributed by atoms with Crippen LogP contribution in [0.15, 0.2) is 58.9 Å². The van der Waals surface area contributed by atoms with Gasteiger partial charge in [-0.15, -0.1) is 5.10 Å². The van der Waals surface area contributed by atoms with E-state index in [-0.39, 0.29) is 11.2 Å². The molecule has 1 N–H and O–H groups in total. The molecule has 2 heterocycles. The molecule has 0 spiro atoms. The zero-order valence-corrected chi connectivity index (χ0v) is 23.1. The van der Waals surface area contributed by atoms with Crippen molar-refractivity contribution >= 4 is 35.1 Å². The van der Waals surface area contributed by atoms with Gasteiger partial charge >= 0.3 is 0 Å². The third-order valence-electron chi connectivity index (χ3n) is 6.51. The van der Waals surface area contributed by atoms with E-state index in [1.165, 1.54) is 11.8 Å². The molecular formula is C28H31ClN4O3S.